The fourth-order valence-electron chi connectivity index (χ4n) is 1.21. The van der Waals surface area contributed by atoms with Crippen LogP contribution in [0.4, 0.5) is 0 Å². The number of hydrogen-bond donors (Lipinski definition) is 1. The molecular weight excluding hydrogens is 214 g/mol. The lowest BCUT2D eigenvalue weighted by molar-refractivity contribution is -0.125. The molecule has 15 heavy (non-hydrogen) atoms. The van der Waals surface area contributed by atoms with Crippen molar-refractivity contribution in [3.8, 4) is 0 Å². The zero-order chi connectivity index (χ0) is 11.9. The van der Waals surface area contributed by atoms with Gasteiger partial charge in [-0.1, -0.05) is 20.8 Å². The van der Waals surface area contributed by atoms with E-state index < -0.39 is 0 Å². The van der Waals surface area contributed by atoms with Crippen molar-refractivity contribution >= 4 is 17.5 Å². The van der Waals surface area contributed by atoms with Crippen molar-refractivity contribution in [2.45, 2.75) is 39.5 Å². The number of carbonyl (C=O) groups is 1. The van der Waals surface area contributed by atoms with Crippen molar-refractivity contribution in [3.63, 3.8) is 0 Å². The summed E-state index contributed by atoms with van der Waals surface area (Å²) in [6, 6.07) is 0. The molecule has 0 rings (SSSR count). The van der Waals surface area contributed by atoms with Gasteiger partial charge in [-0.25, -0.2) is 0 Å². The van der Waals surface area contributed by atoms with Gasteiger partial charge in [0.15, 0.2) is 0 Å². The summed E-state index contributed by atoms with van der Waals surface area (Å²) in [5, 5.41) is 2.73. The summed E-state index contributed by atoms with van der Waals surface area (Å²) in [6.07, 6.45) is 0.878. The normalized spacial score (nSPS) is 13.7. The molecule has 3 nitrogen and oxygen atoms in total. The van der Waals surface area contributed by atoms with E-state index in [2.05, 4.69) is 26.1 Å². The van der Waals surface area contributed by atoms with E-state index in [9.17, 15) is 4.79 Å². The Balaban J connectivity index is 3.62. The van der Waals surface area contributed by atoms with Crippen LogP contribution in [0.3, 0.4) is 0 Å². The molecule has 90 valence electrons. The molecule has 0 fully saturated rings. The average Bonchev–Trinajstić information content (AvgIpc) is 2.08. The third kappa shape index (κ3) is 10.0. The molecule has 1 unspecified atom stereocenters. The van der Waals surface area contributed by atoms with Gasteiger partial charge in [0.2, 0.25) is 5.91 Å². The first-order valence-corrected chi connectivity index (χ1v) is 5.77. The molecule has 0 saturated heterocycles. The standard InChI is InChI=1S/C11H22ClNO2/c1-5-15-8-10(14)13-7-9(12)6-11(2,3)4/h9H,5-8H2,1-4H3,(H,13,14). The van der Waals surface area contributed by atoms with Gasteiger partial charge < -0.3 is 10.1 Å². The largest absolute Gasteiger partial charge is 0.372 e. The number of carbonyl (C=O) groups excluding carboxylic acids is 1. The Labute approximate surface area is 97.5 Å². The fourth-order valence-corrected chi connectivity index (χ4v) is 1.75. The van der Waals surface area contributed by atoms with Gasteiger partial charge in [0, 0.05) is 13.2 Å². The molecule has 0 aromatic rings. The van der Waals surface area contributed by atoms with Gasteiger partial charge in [-0.2, -0.15) is 0 Å². The summed E-state index contributed by atoms with van der Waals surface area (Å²) in [5.74, 6) is -0.101. The maximum atomic E-state index is 11.2. The number of rotatable bonds is 6. The highest BCUT2D eigenvalue weighted by atomic mass is 35.5. The van der Waals surface area contributed by atoms with Crippen molar-refractivity contribution in [2.24, 2.45) is 5.41 Å². The van der Waals surface area contributed by atoms with Crippen LogP contribution in [0, 0.1) is 5.41 Å². The first kappa shape index (κ1) is 14.7. The Bertz CT molecular complexity index is 190. The van der Waals surface area contributed by atoms with Crippen LogP contribution in [0.15, 0.2) is 0 Å². The summed E-state index contributed by atoms with van der Waals surface area (Å²) in [7, 11) is 0. The van der Waals surface area contributed by atoms with Crippen LogP contribution in [0.25, 0.3) is 0 Å². The Morgan fingerprint density at radius 3 is 2.53 bits per heavy atom. The zero-order valence-corrected chi connectivity index (χ0v) is 10.9. The number of halogens is 1. The molecule has 0 saturated carbocycles. The topological polar surface area (TPSA) is 38.3 Å². The van der Waals surface area contributed by atoms with E-state index in [1.165, 1.54) is 0 Å². The Morgan fingerprint density at radius 2 is 2.07 bits per heavy atom. The van der Waals surface area contributed by atoms with Gasteiger partial charge in [0.05, 0.1) is 5.38 Å². The van der Waals surface area contributed by atoms with Crippen molar-refractivity contribution < 1.29 is 9.53 Å². The molecule has 0 aromatic heterocycles. The van der Waals surface area contributed by atoms with Gasteiger partial charge in [-0.3, -0.25) is 4.79 Å². The van der Waals surface area contributed by atoms with E-state index >= 15 is 0 Å². The summed E-state index contributed by atoms with van der Waals surface area (Å²) in [6.45, 7) is 9.43. The lowest BCUT2D eigenvalue weighted by Gasteiger charge is -2.21. The molecule has 0 bridgehead atoms. The summed E-state index contributed by atoms with van der Waals surface area (Å²) >= 11 is 6.09. The molecule has 0 aliphatic carbocycles. The highest BCUT2D eigenvalue weighted by molar-refractivity contribution is 6.20. The van der Waals surface area contributed by atoms with Gasteiger partial charge >= 0.3 is 0 Å². The molecule has 1 atom stereocenters. The number of alkyl halides is 1. The predicted molar refractivity (Wildman–Crippen MR) is 63.2 cm³/mol. The maximum absolute atomic E-state index is 11.2. The van der Waals surface area contributed by atoms with Crippen LogP contribution in [0.5, 0.6) is 0 Å². The third-order valence-electron chi connectivity index (χ3n) is 1.79. The molecule has 0 spiro atoms. The summed E-state index contributed by atoms with van der Waals surface area (Å²) in [5.41, 5.74) is 0.192. The van der Waals surface area contributed by atoms with Crippen molar-refractivity contribution in [3.05, 3.63) is 0 Å². The van der Waals surface area contributed by atoms with Crippen molar-refractivity contribution in [2.75, 3.05) is 19.8 Å². The highest BCUT2D eigenvalue weighted by Gasteiger charge is 2.17. The molecule has 1 N–H and O–H groups in total. The Morgan fingerprint density at radius 1 is 1.47 bits per heavy atom. The van der Waals surface area contributed by atoms with Crippen LogP contribution in [0.1, 0.15) is 34.1 Å². The summed E-state index contributed by atoms with van der Waals surface area (Å²) < 4.78 is 4.97. The van der Waals surface area contributed by atoms with Crippen molar-refractivity contribution in [1.29, 1.82) is 0 Å². The van der Waals surface area contributed by atoms with Gasteiger partial charge in [0.25, 0.3) is 0 Å². The predicted octanol–water partition coefficient (Wildman–Crippen LogP) is 2.18. The maximum Gasteiger partial charge on any atom is 0.246 e. The molecule has 0 aliphatic heterocycles. The highest BCUT2D eigenvalue weighted by Crippen LogP contribution is 2.23. The van der Waals surface area contributed by atoms with Gasteiger partial charge in [0.1, 0.15) is 6.61 Å². The minimum absolute atomic E-state index is 0.0180. The minimum Gasteiger partial charge on any atom is -0.372 e. The first-order valence-electron chi connectivity index (χ1n) is 5.33. The molecular formula is C11H22ClNO2. The molecule has 0 aliphatic rings. The SMILES string of the molecule is CCOCC(=O)NCC(Cl)CC(C)(C)C. The lowest BCUT2D eigenvalue weighted by atomic mass is 9.90. The van der Waals surface area contributed by atoms with E-state index in [0.717, 1.165) is 6.42 Å². The number of hydrogen-bond acceptors (Lipinski definition) is 2. The van der Waals surface area contributed by atoms with E-state index in [0.29, 0.717) is 13.2 Å². The molecule has 0 heterocycles. The second-order valence-electron chi connectivity index (χ2n) is 4.80. The molecule has 1 amide bonds. The van der Waals surface area contributed by atoms with Crippen molar-refractivity contribution in [1.82, 2.24) is 5.32 Å². The van der Waals surface area contributed by atoms with Crippen LogP contribution in [0.2, 0.25) is 0 Å². The van der Waals surface area contributed by atoms with Crippen LogP contribution in [-0.2, 0) is 9.53 Å². The fraction of sp³-hybridized carbons (Fsp3) is 0.909. The quantitative estimate of drug-likeness (QED) is 0.717. The van der Waals surface area contributed by atoms with E-state index in [4.69, 9.17) is 16.3 Å². The minimum atomic E-state index is -0.101. The smallest absolute Gasteiger partial charge is 0.246 e. The molecule has 0 aromatic carbocycles. The second kappa shape index (κ2) is 7.07. The lowest BCUT2D eigenvalue weighted by Crippen LogP contribution is -2.34. The van der Waals surface area contributed by atoms with E-state index in [-0.39, 0.29) is 23.3 Å². The third-order valence-corrected chi connectivity index (χ3v) is 2.10. The van der Waals surface area contributed by atoms with Gasteiger partial charge in [-0.05, 0) is 18.8 Å². The van der Waals surface area contributed by atoms with E-state index in [1.54, 1.807) is 0 Å². The van der Waals surface area contributed by atoms with Gasteiger partial charge in [-0.15, -0.1) is 11.6 Å². The first-order chi connectivity index (χ1) is 6.85. The van der Waals surface area contributed by atoms with Crippen LogP contribution < -0.4 is 5.32 Å². The molecule has 0 radical (unpaired) electrons. The van der Waals surface area contributed by atoms with Crippen LogP contribution in [-0.4, -0.2) is 31.0 Å². The number of ether oxygens (including phenoxy) is 1. The Kier molecular flexibility index (Phi) is 6.94. The monoisotopic (exact) mass is 235 g/mol. The average molecular weight is 236 g/mol. The number of nitrogens with one attached hydrogen (secondary N) is 1. The summed E-state index contributed by atoms with van der Waals surface area (Å²) in [4.78, 5) is 11.2. The second-order valence-corrected chi connectivity index (χ2v) is 5.42. The number of amides is 1. The Hall–Kier alpha value is -0.280. The van der Waals surface area contributed by atoms with E-state index in [1.807, 2.05) is 6.92 Å². The molecule has 4 heteroatoms. The zero-order valence-electron chi connectivity index (χ0n) is 10.1. The van der Waals surface area contributed by atoms with Crippen LogP contribution >= 0.6 is 11.6 Å².